The van der Waals surface area contributed by atoms with Gasteiger partial charge in [0.15, 0.2) is 0 Å². The van der Waals surface area contributed by atoms with Crippen LogP contribution in [-0.2, 0) is 0 Å². The standard InChI is InChI=1S/C16H22N4/c1-12(20(4)15-8-6-5-7-9-15)10-17-16-13(2)14(3)18-11-19-16/h5-9,11-12H,10H2,1-4H3,(H,17,18,19)/t12-/m0/s1. The molecule has 0 spiro atoms. The Bertz CT molecular complexity index is 554. The molecule has 1 N–H and O–H groups in total. The summed E-state index contributed by atoms with van der Waals surface area (Å²) in [5.74, 6) is 0.922. The molecule has 0 unspecified atom stereocenters. The Labute approximate surface area is 120 Å². The van der Waals surface area contributed by atoms with Crippen LogP contribution in [0.15, 0.2) is 36.7 Å². The molecule has 0 saturated carbocycles. The van der Waals surface area contributed by atoms with Crippen molar-refractivity contribution >= 4 is 11.5 Å². The van der Waals surface area contributed by atoms with E-state index in [1.54, 1.807) is 6.33 Å². The van der Waals surface area contributed by atoms with E-state index in [2.05, 4.69) is 58.4 Å². The fourth-order valence-corrected chi connectivity index (χ4v) is 2.02. The van der Waals surface area contributed by atoms with Gasteiger partial charge in [-0.2, -0.15) is 0 Å². The van der Waals surface area contributed by atoms with Gasteiger partial charge in [0, 0.05) is 36.6 Å². The van der Waals surface area contributed by atoms with E-state index in [0.29, 0.717) is 6.04 Å². The summed E-state index contributed by atoms with van der Waals surface area (Å²) >= 11 is 0. The maximum atomic E-state index is 4.30. The second kappa shape index (κ2) is 6.37. The molecule has 20 heavy (non-hydrogen) atoms. The molecule has 1 atom stereocenters. The molecule has 4 heteroatoms. The molecular weight excluding hydrogens is 248 g/mol. The van der Waals surface area contributed by atoms with Crippen LogP contribution in [0.3, 0.4) is 0 Å². The van der Waals surface area contributed by atoms with Crippen LogP contribution in [0.2, 0.25) is 0 Å². The number of hydrogen-bond acceptors (Lipinski definition) is 4. The van der Waals surface area contributed by atoms with Gasteiger partial charge < -0.3 is 10.2 Å². The number of benzene rings is 1. The van der Waals surface area contributed by atoms with E-state index < -0.39 is 0 Å². The number of para-hydroxylation sites is 1. The second-order valence-electron chi connectivity index (χ2n) is 5.11. The molecule has 2 rings (SSSR count). The van der Waals surface area contributed by atoms with Crippen LogP contribution in [0.25, 0.3) is 0 Å². The third kappa shape index (κ3) is 3.26. The molecule has 0 aliphatic heterocycles. The minimum absolute atomic E-state index is 0.368. The van der Waals surface area contributed by atoms with E-state index in [1.807, 2.05) is 19.9 Å². The Hall–Kier alpha value is -2.10. The van der Waals surface area contributed by atoms with Gasteiger partial charge in [-0.05, 0) is 32.9 Å². The highest BCUT2D eigenvalue weighted by atomic mass is 15.2. The Morgan fingerprint density at radius 3 is 2.55 bits per heavy atom. The lowest BCUT2D eigenvalue weighted by molar-refractivity contribution is 0.713. The molecule has 0 aliphatic carbocycles. The van der Waals surface area contributed by atoms with Crippen molar-refractivity contribution in [3.05, 3.63) is 47.9 Å². The molecule has 1 aromatic heterocycles. The molecule has 0 amide bonds. The molecule has 106 valence electrons. The maximum Gasteiger partial charge on any atom is 0.132 e. The van der Waals surface area contributed by atoms with Gasteiger partial charge in [0.25, 0.3) is 0 Å². The van der Waals surface area contributed by atoms with Crippen LogP contribution in [0.5, 0.6) is 0 Å². The van der Waals surface area contributed by atoms with Gasteiger partial charge in [-0.15, -0.1) is 0 Å². The summed E-state index contributed by atoms with van der Waals surface area (Å²) in [5.41, 5.74) is 3.35. The first kappa shape index (κ1) is 14.3. The molecule has 0 radical (unpaired) electrons. The van der Waals surface area contributed by atoms with Gasteiger partial charge >= 0.3 is 0 Å². The number of nitrogens with zero attached hydrogens (tertiary/aromatic N) is 3. The minimum Gasteiger partial charge on any atom is -0.370 e. The Morgan fingerprint density at radius 1 is 1.15 bits per heavy atom. The number of rotatable bonds is 5. The van der Waals surface area contributed by atoms with Crippen molar-refractivity contribution in [1.82, 2.24) is 9.97 Å². The molecule has 1 aromatic carbocycles. The van der Waals surface area contributed by atoms with Gasteiger partial charge in [0.1, 0.15) is 12.1 Å². The van der Waals surface area contributed by atoms with Crippen molar-refractivity contribution in [2.45, 2.75) is 26.8 Å². The molecular formula is C16H22N4. The number of aromatic nitrogens is 2. The Morgan fingerprint density at radius 2 is 1.85 bits per heavy atom. The van der Waals surface area contributed by atoms with Crippen molar-refractivity contribution in [1.29, 1.82) is 0 Å². The Kier molecular flexibility index (Phi) is 4.56. The quantitative estimate of drug-likeness (QED) is 0.906. The lowest BCUT2D eigenvalue weighted by Gasteiger charge is -2.27. The number of aryl methyl sites for hydroxylation is 1. The number of hydrogen-bond donors (Lipinski definition) is 1. The highest BCUT2D eigenvalue weighted by Crippen LogP contribution is 2.16. The first-order chi connectivity index (χ1) is 9.59. The molecule has 4 nitrogen and oxygen atoms in total. The third-order valence-corrected chi connectivity index (χ3v) is 3.73. The van der Waals surface area contributed by atoms with Crippen LogP contribution in [0, 0.1) is 13.8 Å². The molecule has 0 saturated heterocycles. The largest absolute Gasteiger partial charge is 0.370 e. The van der Waals surface area contributed by atoms with Crippen LogP contribution < -0.4 is 10.2 Å². The maximum absolute atomic E-state index is 4.30. The zero-order valence-corrected chi connectivity index (χ0v) is 12.6. The van der Waals surface area contributed by atoms with Crippen molar-refractivity contribution in [2.24, 2.45) is 0 Å². The van der Waals surface area contributed by atoms with E-state index in [-0.39, 0.29) is 0 Å². The van der Waals surface area contributed by atoms with E-state index in [0.717, 1.165) is 23.6 Å². The summed E-state index contributed by atoms with van der Waals surface area (Å²) in [6.45, 7) is 7.08. The normalized spacial score (nSPS) is 12.0. The molecule has 1 heterocycles. The van der Waals surface area contributed by atoms with E-state index in [1.165, 1.54) is 5.69 Å². The molecule has 0 fully saturated rings. The van der Waals surface area contributed by atoms with Gasteiger partial charge in [-0.3, -0.25) is 0 Å². The lowest BCUT2D eigenvalue weighted by atomic mass is 10.2. The fourth-order valence-electron chi connectivity index (χ4n) is 2.02. The zero-order valence-electron chi connectivity index (χ0n) is 12.6. The summed E-state index contributed by atoms with van der Waals surface area (Å²) in [7, 11) is 2.11. The number of nitrogens with one attached hydrogen (secondary N) is 1. The SMILES string of the molecule is Cc1ncnc(NC[C@H](C)N(C)c2ccccc2)c1C. The highest BCUT2D eigenvalue weighted by Gasteiger charge is 2.11. The van der Waals surface area contributed by atoms with Crippen LogP contribution >= 0.6 is 0 Å². The van der Waals surface area contributed by atoms with E-state index >= 15 is 0 Å². The van der Waals surface area contributed by atoms with Gasteiger partial charge in [-0.1, -0.05) is 18.2 Å². The first-order valence-corrected chi connectivity index (χ1v) is 6.89. The lowest BCUT2D eigenvalue weighted by Crippen LogP contribution is -2.35. The van der Waals surface area contributed by atoms with Crippen molar-refractivity contribution in [2.75, 3.05) is 23.8 Å². The van der Waals surface area contributed by atoms with Crippen molar-refractivity contribution < 1.29 is 0 Å². The van der Waals surface area contributed by atoms with Gasteiger partial charge in [-0.25, -0.2) is 9.97 Å². The smallest absolute Gasteiger partial charge is 0.132 e. The summed E-state index contributed by atoms with van der Waals surface area (Å²) in [6.07, 6.45) is 1.61. The molecule has 2 aromatic rings. The molecule has 0 aliphatic rings. The zero-order chi connectivity index (χ0) is 14.5. The van der Waals surface area contributed by atoms with Crippen molar-refractivity contribution in [3.63, 3.8) is 0 Å². The summed E-state index contributed by atoms with van der Waals surface area (Å²) in [5, 5.41) is 3.41. The highest BCUT2D eigenvalue weighted by molar-refractivity contribution is 5.48. The Balaban J connectivity index is 1.98. The van der Waals surface area contributed by atoms with Crippen LogP contribution in [-0.4, -0.2) is 29.6 Å². The van der Waals surface area contributed by atoms with E-state index in [4.69, 9.17) is 0 Å². The second-order valence-corrected chi connectivity index (χ2v) is 5.11. The fraction of sp³-hybridized carbons (Fsp3) is 0.375. The van der Waals surface area contributed by atoms with Crippen LogP contribution in [0.4, 0.5) is 11.5 Å². The number of anilines is 2. The topological polar surface area (TPSA) is 41.1 Å². The summed E-state index contributed by atoms with van der Waals surface area (Å²) in [6, 6.07) is 10.8. The predicted octanol–water partition coefficient (Wildman–Crippen LogP) is 3.03. The van der Waals surface area contributed by atoms with Gasteiger partial charge in [0.05, 0.1) is 0 Å². The summed E-state index contributed by atoms with van der Waals surface area (Å²) < 4.78 is 0. The number of likely N-dealkylation sites (N-methyl/N-ethyl adjacent to an activating group) is 1. The predicted molar refractivity (Wildman–Crippen MR) is 84.3 cm³/mol. The monoisotopic (exact) mass is 270 g/mol. The van der Waals surface area contributed by atoms with Crippen molar-refractivity contribution in [3.8, 4) is 0 Å². The average Bonchev–Trinajstić information content (AvgIpc) is 2.48. The van der Waals surface area contributed by atoms with E-state index in [9.17, 15) is 0 Å². The summed E-state index contributed by atoms with van der Waals surface area (Å²) in [4.78, 5) is 10.8. The molecule has 0 bridgehead atoms. The first-order valence-electron chi connectivity index (χ1n) is 6.89. The van der Waals surface area contributed by atoms with Crippen LogP contribution in [0.1, 0.15) is 18.2 Å². The van der Waals surface area contributed by atoms with Gasteiger partial charge in [0.2, 0.25) is 0 Å². The average molecular weight is 270 g/mol. The third-order valence-electron chi connectivity index (χ3n) is 3.73. The minimum atomic E-state index is 0.368.